The zero-order valence-corrected chi connectivity index (χ0v) is 12.6. The van der Waals surface area contributed by atoms with Gasteiger partial charge >= 0.3 is 0 Å². The van der Waals surface area contributed by atoms with E-state index in [2.05, 4.69) is 25.7 Å². The number of piperidine rings is 1. The smallest absolute Gasteiger partial charge is 0.136 e. The predicted molar refractivity (Wildman–Crippen MR) is 75.9 cm³/mol. The van der Waals surface area contributed by atoms with E-state index in [1.54, 1.807) is 0 Å². The maximum atomic E-state index is 11.9. The largest absolute Gasteiger partial charge is 0.300 e. The molecule has 2 heteroatoms. The van der Waals surface area contributed by atoms with Crippen LogP contribution >= 0.6 is 0 Å². The van der Waals surface area contributed by atoms with Crippen LogP contribution in [-0.2, 0) is 4.79 Å². The lowest BCUT2D eigenvalue weighted by Gasteiger charge is -2.52. The molecule has 0 aromatic heterocycles. The van der Waals surface area contributed by atoms with Crippen LogP contribution in [0.25, 0.3) is 0 Å². The third-order valence-corrected chi connectivity index (χ3v) is 7.09. The maximum Gasteiger partial charge on any atom is 0.136 e. The topological polar surface area (TPSA) is 20.3 Å². The Balaban J connectivity index is 1.71. The van der Waals surface area contributed by atoms with Gasteiger partial charge in [0.15, 0.2) is 0 Å². The van der Waals surface area contributed by atoms with Gasteiger partial charge in [-0.15, -0.1) is 0 Å². The van der Waals surface area contributed by atoms with Crippen molar-refractivity contribution < 1.29 is 4.79 Å². The van der Waals surface area contributed by atoms with Gasteiger partial charge in [-0.25, -0.2) is 0 Å². The van der Waals surface area contributed by atoms with Gasteiger partial charge in [-0.2, -0.15) is 0 Å². The molecule has 4 aliphatic rings. The molecule has 2 aliphatic carbocycles. The summed E-state index contributed by atoms with van der Waals surface area (Å²) in [6, 6.07) is 1.88. The van der Waals surface area contributed by atoms with E-state index in [-0.39, 0.29) is 0 Å². The molecule has 0 radical (unpaired) electrons. The van der Waals surface area contributed by atoms with Crippen molar-refractivity contribution in [2.75, 3.05) is 0 Å². The summed E-state index contributed by atoms with van der Waals surface area (Å²) in [5.74, 6) is 1.44. The number of rotatable bonds is 1. The van der Waals surface area contributed by atoms with Crippen molar-refractivity contribution in [3.05, 3.63) is 0 Å². The van der Waals surface area contributed by atoms with Crippen LogP contribution in [0.4, 0.5) is 0 Å². The molecule has 2 nitrogen and oxygen atoms in total. The van der Waals surface area contributed by atoms with E-state index in [9.17, 15) is 4.79 Å². The fourth-order valence-electron chi connectivity index (χ4n) is 6.45. The summed E-state index contributed by atoms with van der Waals surface area (Å²) in [7, 11) is 0. The number of hydrogen-bond donors (Lipinski definition) is 0. The van der Waals surface area contributed by atoms with Gasteiger partial charge in [0.1, 0.15) is 5.78 Å². The summed E-state index contributed by atoms with van der Waals surface area (Å²) in [5.41, 5.74) is 0.976. The molecule has 19 heavy (non-hydrogen) atoms. The molecule has 0 spiro atoms. The first-order valence-electron chi connectivity index (χ1n) is 8.21. The van der Waals surface area contributed by atoms with Gasteiger partial charge in [0.05, 0.1) is 0 Å². The van der Waals surface area contributed by atoms with Crippen molar-refractivity contribution in [2.24, 2.45) is 16.7 Å². The van der Waals surface area contributed by atoms with Crippen molar-refractivity contribution in [1.82, 2.24) is 4.90 Å². The molecule has 106 valence electrons. The fourth-order valence-corrected chi connectivity index (χ4v) is 6.45. The Morgan fingerprint density at radius 1 is 1.05 bits per heavy atom. The summed E-state index contributed by atoms with van der Waals surface area (Å²) < 4.78 is 0. The normalized spacial score (nSPS) is 52.1. The van der Waals surface area contributed by atoms with Crippen LogP contribution in [-0.4, -0.2) is 28.8 Å². The van der Waals surface area contributed by atoms with E-state index < -0.39 is 0 Å². The monoisotopic (exact) mass is 261 g/mol. The van der Waals surface area contributed by atoms with E-state index in [0.717, 1.165) is 24.8 Å². The molecule has 0 N–H and O–H groups in total. The molecular formula is C17H27NO. The predicted octanol–water partition coefficient (Wildman–Crippen LogP) is 3.40. The van der Waals surface area contributed by atoms with Crippen molar-refractivity contribution >= 4 is 5.78 Å². The highest BCUT2D eigenvalue weighted by atomic mass is 16.1. The minimum Gasteiger partial charge on any atom is -0.300 e. The lowest BCUT2D eigenvalue weighted by Crippen LogP contribution is -2.59. The van der Waals surface area contributed by atoms with Crippen molar-refractivity contribution in [3.63, 3.8) is 0 Å². The summed E-state index contributed by atoms with van der Waals surface area (Å²) in [4.78, 5) is 14.7. The van der Waals surface area contributed by atoms with Crippen LogP contribution in [0, 0.1) is 16.7 Å². The molecule has 4 rings (SSSR count). The average Bonchev–Trinajstić information content (AvgIpc) is 2.86. The van der Waals surface area contributed by atoms with Gasteiger partial charge < -0.3 is 0 Å². The summed E-state index contributed by atoms with van der Waals surface area (Å²) in [5, 5.41) is 0. The number of carbonyl (C=O) groups excluding carboxylic acids is 1. The second kappa shape index (κ2) is 3.63. The molecule has 2 saturated heterocycles. The third-order valence-electron chi connectivity index (χ3n) is 7.09. The second-order valence-electron chi connectivity index (χ2n) is 8.60. The lowest BCUT2D eigenvalue weighted by atomic mass is 9.67. The number of hydrogen-bond acceptors (Lipinski definition) is 2. The van der Waals surface area contributed by atoms with Gasteiger partial charge in [0, 0.05) is 31.0 Å². The van der Waals surface area contributed by atoms with Crippen LogP contribution in [0.3, 0.4) is 0 Å². The lowest BCUT2D eigenvalue weighted by molar-refractivity contribution is -0.127. The number of carbonyl (C=O) groups is 1. The molecule has 0 aromatic carbocycles. The van der Waals surface area contributed by atoms with Crippen LogP contribution in [0.5, 0.6) is 0 Å². The Hall–Kier alpha value is -0.370. The van der Waals surface area contributed by atoms with Crippen LogP contribution in [0.15, 0.2) is 0 Å². The minimum absolute atomic E-state index is 0.453. The minimum atomic E-state index is 0.453. The number of ketones is 1. The second-order valence-corrected chi connectivity index (χ2v) is 8.60. The number of fused-ring (bicyclic) bond motifs is 4. The van der Waals surface area contributed by atoms with Gasteiger partial charge in [0.25, 0.3) is 0 Å². The third kappa shape index (κ3) is 1.50. The quantitative estimate of drug-likeness (QED) is 0.721. The van der Waals surface area contributed by atoms with E-state index in [0.29, 0.717) is 28.7 Å². The summed E-state index contributed by atoms with van der Waals surface area (Å²) >= 11 is 0. The molecule has 0 aromatic rings. The van der Waals surface area contributed by atoms with Gasteiger partial charge in [-0.3, -0.25) is 9.69 Å². The molecule has 0 amide bonds. The van der Waals surface area contributed by atoms with E-state index in [4.69, 9.17) is 0 Å². The van der Waals surface area contributed by atoms with Crippen LogP contribution < -0.4 is 0 Å². The molecule has 5 atom stereocenters. The molecule has 2 heterocycles. The Labute approximate surface area is 116 Å². The van der Waals surface area contributed by atoms with Crippen LogP contribution in [0.1, 0.15) is 65.7 Å². The SMILES string of the molecule is CC12CCC(C1)C(C)(C)C2N1C2CCC1CC(=O)C2. The Morgan fingerprint density at radius 2 is 1.68 bits per heavy atom. The first-order valence-corrected chi connectivity index (χ1v) is 8.21. The average molecular weight is 261 g/mol. The van der Waals surface area contributed by atoms with Crippen molar-refractivity contribution in [3.8, 4) is 0 Å². The zero-order valence-electron chi connectivity index (χ0n) is 12.6. The summed E-state index contributed by atoms with van der Waals surface area (Å²) in [6.07, 6.45) is 8.48. The Kier molecular flexibility index (Phi) is 2.37. The highest BCUT2D eigenvalue weighted by Gasteiger charge is 2.63. The number of Topliss-reactive ketones (excluding diaryl/α,β-unsaturated/α-hetero) is 1. The van der Waals surface area contributed by atoms with E-state index in [1.807, 2.05) is 0 Å². The molecule has 2 saturated carbocycles. The van der Waals surface area contributed by atoms with Gasteiger partial charge in [0.2, 0.25) is 0 Å². The standard InChI is InChI=1S/C17H27NO/c1-16(2)11-6-7-17(3,10-11)15(16)18-12-4-5-13(18)9-14(19)8-12/h11-13,15H,4-10H2,1-3H3. The molecular weight excluding hydrogens is 234 g/mol. The van der Waals surface area contributed by atoms with Crippen molar-refractivity contribution in [1.29, 1.82) is 0 Å². The fraction of sp³-hybridized carbons (Fsp3) is 0.941. The van der Waals surface area contributed by atoms with Crippen molar-refractivity contribution in [2.45, 2.75) is 83.8 Å². The Morgan fingerprint density at radius 3 is 2.21 bits per heavy atom. The van der Waals surface area contributed by atoms with Gasteiger partial charge in [-0.05, 0) is 48.9 Å². The van der Waals surface area contributed by atoms with E-state index >= 15 is 0 Å². The zero-order chi connectivity index (χ0) is 13.4. The number of nitrogens with zero attached hydrogens (tertiary/aromatic N) is 1. The first kappa shape index (κ1) is 12.4. The molecule has 5 unspecified atom stereocenters. The van der Waals surface area contributed by atoms with Crippen LogP contribution in [0.2, 0.25) is 0 Å². The molecule has 4 fully saturated rings. The van der Waals surface area contributed by atoms with E-state index in [1.165, 1.54) is 32.1 Å². The van der Waals surface area contributed by atoms with Gasteiger partial charge in [-0.1, -0.05) is 20.8 Å². The first-order chi connectivity index (χ1) is 8.92. The highest BCUT2D eigenvalue weighted by molar-refractivity contribution is 5.81. The Bertz CT molecular complexity index is 408. The molecule has 2 aliphatic heterocycles. The highest BCUT2D eigenvalue weighted by Crippen LogP contribution is 2.65. The maximum absolute atomic E-state index is 11.9. The summed E-state index contributed by atoms with van der Waals surface area (Å²) in [6.45, 7) is 7.54. The molecule has 4 bridgehead atoms.